The van der Waals surface area contributed by atoms with E-state index in [1.54, 1.807) is 42.5 Å². The van der Waals surface area contributed by atoms with E-state index in [-0.39, 0.29) is 6.61 Å². The average Bonchev–Trinajstić information content (AvgIpc) is 2.76. The average molecular weight is 395 g/mol. The molecule has 1 aliphatic heterocycles. The van der Waals surface area contributed by atoms with Gasteiger partial charge in [-0.2, -0.15) is 0 Å². The van der Waals surface area contributed by atoms with Crippen LogP contribution in [-0.4, -0.2) is 47.4 Å². The summed E-state index contributed by atoms with van der Waals surface area (Å²) in [5, 5.41) is 22.1. The fourth-order valence-electron chi connectivity index (χ4n) is 2.50. The van der Waals surface area contributed by atoms with Crippen molar-refractivity contribution < 1.29 is 19.7 Å². The zero-order valence-electron chi connectivity index (χ0n) is 13.5. The number of benzodiazepines with no additional fused rings is 1. The minimum Gasteiger partial charge on any atom is -0.394 e. The Kier molecular flexibility index (Phi) is 5.90. The Hall–Kier alpha value is -1.96. The first-order valence-electron chi connectivity index (χ1n) is 7.83. The summed E-state index contributed by atoms with van der Waals surface area (Å²) in [6, 6.07) is 12.1. The van der Waals surface area contributed by atoms with Crippen molar-refractivity contribution in [1.82, 2.24) is 0 Å². The molecule has 1 aliphatic rings. The molecular formula is C18H16Cl2N2O4. The monoisotopic (exact) mass is 394 g/mol. The molecule has 2 atom stereocenters. The first-order valence-corrected chi connectivity index (χ1v) is 8.59. The lowest BCUT2D eigenvalue weighted by molar-refractivity contribution is -0.129. The summed E-state index contributed by atoms with van der Waals surface area (Å²) in [5.74, 6) is -0.499. The number of hydrogen-bond donors (Lipinski definition) is 3. The predicted molar refractivity (Wildman–Crippen MR) is 100 cm³/mol. The van der Waals surface area contributed by atoms with E-state index in [1.165, 1.54) is 0 Å². The Bertz CT molecular complexity index is 857. The van der Waals surface area contributed by atoms with Gasteiger partial charge in [0.05, 0.1) is 24.6 Å². The van der Waals surface area contributed by atoms with Crippen molar-refractivity contribution in [2.24, 2.45) is 4.99 Å². The molecule has 0 saturated carbocycles. The summed E-state index contributed by atoms with van der Waals surface area (Å²) < 4.78 is 5.40. The number of aliphatic hydroxyl groups excluding tert-OH is 2. The lowest BCUT2D eigenvalue weighted by Crippen LogP contribution is -2.32. The van der Waals surface area contributed by atoms with E-state index in [1.807, 2.05) is 0 Å². The van der Waals surface area contributed by atoms with Crippen LogP contribution in [0.4, 0.5) is 5.69 Å². The van der Waals surface area contributed by atoms with E-state index < -0.39 is 24.8 Å². The summed E-state index contributed by atoms with van der Waals surface area (Å²) in [6.45, 7) is -0.726. The summed E-state index contributed by atoms with van der Waals surface area (Å²) in [5.41, 5.74) is 2.18. The van der Waals surface area contributed by atoms with E-state index in [0.717, 1.165) is 0 Å². The second kappa shape index (κ2) is 8.16. The molecule has 0 aromatic heterocycles. The lowest BCUT2D eigenvalue weighted by Gasteiger charge is -2.14. The normalized spacial score (nSPS) is 17.8. The van der Waals surface area contributed by atoms with Gasteiger partial charge >= 0.3 is 0 Å². The summed E-state index contributed by atoms with van der Waals surface area (Å²) in [7, 11) is 0. The molecule has 0 radical (unpaired) electrons. The highest BCUT2D eigenvalue weighted by Gasteiger charge is 2.28. The summed E-state index contributed by atoms with van der Waals surface area (Å²) in [4.78, 5) is 16.9. The molecule has 0 spiro atoms. The van der Waals surface area contributed by atoms with Gasteiger partial charge in [-0.25, -0.2) is 4.99 Å². The first kappa shape index (κ1) is 18.8. The molecule has 2 aromatic carbocycles. The molecule has 0 aliphatic carbocycles. The number of benzene rings is 2. The standard InChI is InChI=1S/C18H16Cl2N2O4/c19-10-5-6-15-13(7-10)16(12-3-1-2-4-14(12)20)22-18(17(25)21-15)26-9-11(24)8-23/h1-7,11,18,23-24H,8-9H2,(H,21,25). The maximum absolute atomic E-state index is 12.5. The van der Waals surface area contributed by atoms with Crippen LogP contribution in [0.1, 0.15) is 11.1 Å². The number of anilines is 1. The molecule has 2 unspecified atom stereocenters. The van der Waals surface area contributed by atoms with Crippen LogP contribution in [0.3, 0.4) is 0 Å². The minimum absolute atomic E-state index is 0.245. The van der Waals surface area contributed by atoms with Crippen LogP contribution in [0.25, 0.3) is 0 Å². The number of aliphatic imine (C=N–C) groups is 1. The predicted octanol–water partition coefficient (Wildman–Crippen LogP) is 2.48. The number of aliphatic hydroxyl groups is 2. The van der Waals surface area contributed by atoms with Crippen molar-refractivity contribution in [3.05, 3.63) is 63.6 Å². The van der Waals surface area contributed by atoms with Crippen molar-refractivity contribution in [2.75, 3.05) is 18.5 Å². The zero-order valence-corrected chi connectivity index (χ0v) is 15.0. The molecule has 136 valence electrons. The third-order valence-electron chi connectivity index (χ3n) is 3.75. The maximum atomic E-state index is 12.5. The second-order valence-electron chi connectivity index (χ2n) is 5.66. The van der Waals surface area contributed by atoms with Crippen LogP contribution < -0.4 is 5.32 Å². The van der Waals surface area contributed by atoms with Crippen LogP contribution in [0.2, 0.25) is 10.0 Å². The van der Waals surface area contributed by atoms with Crippen molar-refractivity contribution in [3.8, 4) is 0 Å². The molecule has 3 N–H and O–H groups in total. The number of halogens is 2. The Balaban J connectivity index is 2.09. The van der Waals surface area contributed by atoms with Crippen LogP contribution in [0, 0.1) is 0 Å². The molecule has 8 heteroatoms. The highest BCUT2D eigenvalue weighted by atomic mass is 35.5. The van der Waals surface area contributed by atoms with Gasteiger partial charge in [0.25, 0.3) is 5.91 Å². The fraction of sp³-hybridized carbons (Fsp3) is 0.222. The number of nitrogens with one attached hydrogen (secondary N) is 1. The van der Waals surface area contributed by atoms with Crippen molar-refractivity contribution >= 4 is 40.5 Å². The number of ether oxygens (including phenoxy) is 1. The number of rotatable bonds is 5. The van der Waals surface area contributed by atoms with Gasteiger partial charge in [-0.15, -0.1) is 0 Å². The first-order chi connectivity index (χ1) is 12.5. The topological polar surface area (TPSA) is 91.2 Å². The third kappa shape index (κ3) is 4.06. The van der Waals surface area contributed by atoms with Crippen LogP contribution in [-0.2, 0) is 9.53 Å². The number of hydrogen-bond acceptors (Lipinski definition) is 5. The molecule has 0 fully saturated rings. The van der Waals surface area contributed by atoms with Gasteiger partial charge in [-0.05, 0) is 24.3 Å². The van der Waals surface area contributed by atoms with Crippen molar-refractivity contribution in [2.45, 2.75) is 12.3 Å². The van der Waals surface area contributed by atoms with Crippen molar-refractivity contribution in [1.29, 1.82) is 0 Å². The highest BCUT2D eigenvalue weighted by Crippen LogP contribution is 2.29. The molecule has 2 aromatic rings. The smallest absolute Gasteiger partial charge is 0.276 e. The van der Waals surface area contributed by atoms with E-state index in [2.05, 4.69) is 10.3 Å². The van der Waals surface area contributed by atoms with E-state index in [9.17, 15) is 9.90 Å². The third-order valence-corrected chi connectivity index (χ3v) is 4.32. The van der Waals surface area contributed by atoms with Gasteiger partial charge < -0.3 is 20.3 Å². The molecule has 1 heterocycles. The number of carbonyl (C=O) groups is 1. The molecule has 26 heavy (non-hydrogen) atoms. The number of nitrogens with zero attached hydrogens (tertiary/aromatic N) is 1. The number of fused-ring (bicyclic) bond motifs is 1. The SMILES string of the molecule is O=C1Nc2ccc(Cl)cc2C(c2ccccc2Cl)=NC1OCC(O)CO. The summed E-state index contributed by atoms with van der Waals surface area (Å²) >= 11 is 12.4. The number of amides is 1. The van der Waals surface area contributed by atoms with E-state index in [4.69, 9.17) is 33.0 Å². The maximum Gasteiger partial charge on any atom is 0.276 e. The Morgan fingerprint density at radius 3 is 2.69 bits per heavy atom. The molecular weight excluding hydrogens is 379 g/mol. The molecule has 0 bridgehead atoms. The molecule has 6 nitrogen and oxygen atoms in total. The van der Waals surface area contributed by atoms with Gasteiger partial charge in [-0.3, -0.25) is 4.79 Å². The zero-order chi connectivity index (χ0) is 18.7. The second-order valence-corrected chi connectivity index (χ2v) is 6.50. The quantitative estimate of drug-likeness (QED) is 0.726. The molecule has 0 saturated heterocycles. The Labute approximate surface area is 160 Å². The molecule has 1 amide bonds. The largest absolute Gasteiger partial charge is 0.394 e. The highest BCUT2D eigenvalue weighted by molar-refractivity contribution is 6.36. The van der Waals surface area contributed by atoms with E-state index >= 15 is 0 Å². The Morgan fingerprint density at radius 2 is 1.96 bits per heavy atom. The van der Waals surface area contributed by atoms with Gasteiger partial charge in [0.1, 0.15) is 6.10 Å². The van der Waals surface area contributed by atoms with Gasteiger partial charge in [0.15, 0.2) is 0 Å². The summed E-state index contributed by atoms with van der Waals surface area (Å²) in [6.07, 6.45) is -2.32. The fourth-order valence-corrected chi connectivity index (χ4v) is 2.89. The van der Waals surface area contributed by atoms with E-state index in [0.29, 0.717) is 32.6 Å². The van der Waals surface area contributed by atoms with Crippen molar-refractivity contribution in [3.63, 3.8) is 0 Å². The van der Waals surface area contributed by atoms with Gasteiger partial charge in [-0.1, -0.05) is 41.4 Å². The van der Waals surface area contributed by atoms with Gasteiger partial charge in [0.2, 0.25) is 6.23 Å². The lowest BCUT2D eigenvalue weighted by atomic mass is 10.0. The van der Waals surface area contributed by atoms with Crippen LogP contribution in [0.15, 0.2) is 47.5 Å². The van der Waals surface area contributed by atoms with Crippen LogP contribution in [0.5, 0.6) is 0 Å². The van der Waals surface area contributed by atoms with Crippen LogP contribution >= 0.6 is 23.2 Å². The minimum atomic E-state index is -1.21. The van der Waals surface area contributed by atoms with Gasteiger partial charge in [0, 0.05) is 21.2 Å². The molecule has 3 rings (SSSR count). The Morgan fingerprint density at radius 1 is 1.19 bits per heavy atom. The number of carbonyl (C=O) groups excluding carboxylic acids is 1.